The van der Waals surface area contributed by atoms with Crippen LogP contribution in [-0.2, 0) is 14.3 Å². The van der Waals surface area contributed by atoms with Gasteiger partial charge in [-0.2, -0.15) is 0 Å². The van der Waals surface area contributed by atoms with Gasteiger partial charge in [-0.1, -0.05) is 179 Å². The number of carbonyl (C=O) groups is 1. The Kier molecular flexibility index (Phi) is 41.6. The van der Waals surface area contributed by atoms with E-state index in [4.69, 9.17) is 9.47 Å². The molecular formula is C45H84O4. The second-order valence-electron chi connectivity index (χ2n) is 14.4. The van der Waals surface area contributed by atoms with E-state index in [0.717, 1.165) is 25.7 Å². The first-order valence-corrected chi connectivity index (χ1v) is 21.6. The van der Waals surface area contributed by atoms with Gasteiger partial charge in [0, 0.05) is 13.0 Å². The molecule has 1 unspecified atom stereocenters. The molecule has 0 aromatic heterocycles. The Balaban J connectivity index is 3.43. The molecule has 0 aromatic carbocycles. The van der Waals surface area contributed by atoms with Crippen molar-refractivity contribution in [3.63, 3.8) is 0 Å². The van der Waals surface area contributed by atoms with E-state index in [1.54, 1.807) is 0 Å². The lowest BCUT2D eigenvalue weighted by Gasteiger charge is -2.16. The van der Waals surface area contributed by atoms with Crippen LogP contribution >= 0.6 is 0 Å². The Hall–Kier alpha value is -1.39. The summed E-state index contributed by atoms with van der Waals surface area (Å²) in [5.41, 5.74) is 0. The van der Waals surface area contributed by atoms with Gasteiger partial charge >= 0.3 is 5.97 Å². The van der Waals surface area contributed by atoms with Crippen molar-refractivity contribution < 1.29 is 19.4 Å². The molecule has 0 aromatic rings. The maximum Gasteiger partial charge on any atom is 0.306 e. The van der Waals surface area contributed by atoms with Crippen molar-refractivity contribution in [1.29, 1.82) is 0 Å². The zero-order valence-corrected chi connectivity index (χ0v) is 33.0. The van der Waals surface area contributed by atoms with E-state index in [9.17, 15) is 9.90 Å². The Morgan fingerprint density at radius 3 is 1.33 bits per heavy atom. The van der Waals surface area contributed by atoms with Crippen molar-refractivity contribution in [2.24, 2.45) is 0 Å². The van der Waals surface area contributed by atoms with Crippen molar-refractivity contribution in [3.05, 3.63) is 36.5 Å². The minimum atomic E-state index is -0.537. The summed E-state index contributed by atoms with van der Waals surface area (Å²) in [6.07, 6.45) is 53.4. The summed E-state index contributed by atoms with van der Waals surface area (Å²) >= 11 is 0. The fraction of sp³-hybridized carbons (Fsp3) is 0.844. The van der Waals surface area contributed by atoms with E-state index in [2.05, 4.69) is 50.3 Å². The van der Waals surface area contributed by atoms with Crippen LogP contribution in [0.3, 0.4) is 0 Å². The highest BCUT2D eigenvalue weighted by molar-refractivity contribution is 5.69. The van der Waals surface area contributed by atoms with E-state index < -0.39 is 6.10 Å². The van der Waals surface area contributed by atoms with Crippen LogP contribution in [0.25, 0.3) is 0 Å². The number of carbonyl (C=O) groups excluding carboxylic acids is 1. The monoisotopic (exact) mass is 689 g/mol. The van der Waals surface area contributed by atoms with Crippen LogP contribution in [0.4, 0.5) is 0 Å². The van der Waals surface area contributed by atoms with Crippen LogP contribution in [0.5, 0.6) is 0 Å². The summed E-state index contributed by atoms with van der Waals surface area (Å²) in [5, 5.41) is 9.60. The van der Waals surface area contributed by atoms with Gasteiger partial charge in [-0.25, -0.2) is 0 Å². The first-order valence-electron chi connectivity index (χ1n) is 21.6. The molecule has 1 N–H and O–H groups in total. The largest absolute Gasteiger partial charge is 0.457 e. The molecule has 0 bridgehead atoms. The molecule has 0 aliphatic carbocycles. The summed E-state index contributed by atoms with van der Waals surface area (Å²) in [6.45, 7) is 5.33. The molecule has 0 aliphatic rings. The molecular weight excluding hydrogens is 604 g/mol. The van der Waals surface area contributed by atoms with Crippen LogP contribution in [0.2, 0.25) is 0 Å². The van der Waals surface area contributed by atoms with Gasteiger partial charge in [0.05, 0.1) is 13.2 Å². The lowest BCUT2D eigenvalue weighted by molar-refractivity contribution is -0.154. The molecule has 0 rings (SSSR count). The summed E-state index contributed by atoms with van der Waals surface area (Å²) in [6, 6.07) is 0. The summed E-state index contributed by atoms with van der Waals surface area (Å²) in [5.74, 6) is -0.205. The SMILES string of the molecule is CCCCC/C=C\C/C=C\CCCCCCCCCCCC(=O)OC(CO)COCCCCCCCCCC/C=C\CCCCCCCC. The number of allylic oxidation sites excluding steroid dienone is 6. The lowest BCUT2D eigenvalue weighted by Crippen LogP contribution is -2.27. The predicted octanol–water partition coefficient (Wildman–Crippen LogP) is 14.1. The van der Waals surface area contributed by atoms with Crippen molar-refractivity contribution >= 4 is 5.97 Å². The third-order valence-electron chi connectivity index (χ3n) is 9.44. The van der Waals surface area contributed by atoms with Gasteiger partial charge in [-0.3, -0.25) is 4.79 Å². The number of esters is 1. The topological polar surface area (TPSA) is 55.8 Å². The van der Waals surface area contributed by atoms with E-state index >= 15 is 0 Å². The van der Waals surface area contributed by atoms with Crippen molar-refractivity contribution in [2.75, 3.05) is 19.8 Å². The molecule has 0 amide bonds. The van der Waals surface area contributed by atoms with Crippen LogP contribution in [0.15, 0.2) is 36.5 Å². The highest BCUT2D eigenvalue weighted by atomic mass is 16.6. The standard InChI is InChI=1S/C45H84O4/c1-3-5-7-9-11-13-15-17-19-21-23-24-26-28-30-32-34-36-38-40-45(47)49-44(42-46)43-48-41-39-37-35-33-31-29-27-25-22-20-18-16-14-12-10-8-6-4-2/h11,13,17-20,44,46H,3-10,12,14-16,21-43H2,1-2H3/b13-11-,19-17-,20-18-. The zero-order valence-electron chi connectivity index (χ0n) is 33.0. The molecule has 4 heteroatoms. The van der Waals surface area contributed by atoms with Crippen LogP contribution in [-0.4, -0.2) is 37.0 Å². The Morgan fingerprint density at radius 1 is 0.490 bits per heavy atom. The van der Waals surface area contributed by atoms with Gasteiger partial charge < -0.3 is 14.6 Å². The molecule has 0 spiro atoms. The quantitative estimate of drug-likeness (QED) is 0.0395. The third kappa shape index (κ3) is 40.9. The van der Waals surface area contributed by atoms with Crippen LogP contribution in [0.1, 0.15) is 219 Å². The maximum atomic E-state index is 12.2. The number of aliphatic hydroxyl groups is 1. The average molecular weight is 689 g/mol. The highest BCUT2D eigenvalue weighted by Gasteiger charge is 2.13. The third-order valence-corrected chi connectivity index (χ3v) is 9.44. The van der Waals surface area contributed by atoms with Crippen LogP contribution in [0, 0.1) is 0 Å². The Labute approximate surface area is 306 Å². The number of hydrogen-bond donors (Lipinski definition) is 1. The van der Waals surface area contributed by atoms with Gasteiger partial charge in [0.15, 0.2) is 0 Å². The Bertz CT molecular complexity index is 728. The van der Waals surface area contributed by atoms with Gasteiger partial charge in [0.2, 0.25) is 0 Å². The summed E-state index contributed by atoms with van der Waals surface area (Å²) < 4.78 is 11.2. The summed E-state index contributed by atoms with van der Waals surface area (Å²) in [7, 11) is 0. The predicted molar refractivity (Wildman–Crippen MR) is 214 cm³/mol. The van der Waals surface area contributed by atoms with Crippen molar-refractivity contribution in [1.82, 2.24) is 0 Å². The van der Waals surface area contributed by atoms with Gasteiger partial charge in [0.1, 0.15) is 6.10 Å². The molecule has 0 radical (unpaired) electrons. The van der Waals surface area contributed by atoms with E-state index in [-0.39, 0.29) is 12.6 Å². The molecule has 0 saturated carbocycles. The average Bonchev–Trinajstić information content (AvgIpc) is 3.11. The fourth-order valence-corrected chi connectivity index (χ4v) is 6.18. The highest BCUT2D eigenvalue weighted by Crippen LogP contribution is 2.14. The molecule has 0 saturated heterocycles. The first-order chi connectivity index (χ1) is 24.2. The van der Waals surface area contributed by atoms with Gasteiger partial charge in [-0.15, -0.1) is 0 Å². The second kappa shape index (κ2) is 42.8. The van der Waals surface area contributed by atoms with Crippen molar-refractivity contribution in [3.8, 4) is 0 Å². The number of rotatable bonds is 40. The second-order valence-corrected chi connectivity index (χ2v) is 14.4. The minimum Gasteiger partial charge on any atom is -0.457 e. The van der Waals surface area contributed by atoms with Gasteiger partial charge in [0.25, 0.3) is 0 Å². The number of unbranched alkanes of at least 4 members (excludes halogenated alkanes) is 26. The Morgan fingerprint density at radius 2 is 0.857 bits per heavy atom. The van der Waals surface area contributed by atoms with Crippen molar-refractivity contribution in [2.45, 2.75) is 225 Å². The normalized spacial score (nSPS) is 12.6. The minimum absolute atomic E-state index is 0.173. The van der Waals surface area contributed by atoms with Crippen LogP contribution < -0.4 is 0 Å². The molecule has 0 heterocycles. The van der Waals surface area contributed by atoms with E-state index in [1.165, 1.54) is 173 Å². The molecule has 0 aliphatic heterocycles. The zero-order chi connectivity index (χ0) is 35.6. The molecule has 0 fully saturated rings. The lowest BCUT2D eigenvalue weighted by atomic mass is 10.1. The fourth-order valence-electron chi connectivity index (χ4n) is 6.18. The maximum absolute atomic E-state index is 12.2. The number of ether oxygens (including phenoxy) is 2. The molecule has 1 atom stereocenters. The summed E-state index contributed by atoms with van der Waals surface area (Å²) in [4.78, 5) is 12.2. The van der Waals surface area contributed by atoms with Gasteiger partial charge in [-0.05, 0) is 70.6 Å². The number of aliphatic hydroxyl groups excluding tert-OH is 1. The number of hydrogen-bond acceptors (Lipinski definition) is 4. The first kappa shape index (κ1) is 47.6. The smallest absolute Gasteiger partial charge is 0.306 e. The molecule has 49 heavy (non-hydrogen) atoms. The molecule has 4 nitrogen and oxygen atoms in total. The van der Waals surface area contributed by atoms with E-state index in [0.29, 0.717) is 19.6 Å². The van der Waals surface area contributed by atoms with E-state index in [1.807, 2.05) is 0 Å². The molecule has 288 valence electrons.